The van der Waals surface area contributed by atoms with Crippen LogP contribution in [0.3, 0.4) is 0 Å². The molecule has 90 valence electrons. The van der Waals surface area contributed by atoms with Gasteiger partial charge in [0.2, 0.25) is 0 Å². The number of nitrogens with one attached hydrogen (secondary N) is 1. The Balaban J connectivity index is 2.25. The van der Waals surface area contributed by atoms with Crippen LogP contribution in [0.2, 0.25) is 0 Å². The van der Waals surface area contributed by atoms with Gasteiger partial charge in [-0.25, -0.2) is 0 Å². The lowest BCUT2D eigenvalue weighted by Crippen LogP contribution is -2.44. The van der Waals surface area contributed by atoms with Crippen molar-refractivity contribution in [2.45, 2.75) is 77.7 Å². The van der Waals surface area contributed by atoms with E-state index in [1.165, 1.54) is 57.9 Å². The molecule has 1 atom stereocenters. The minimum Gasteiger partial charge on any atom is -0.311 e. The van der Waals surface area contributed by atoms with Crippen LogP contribution in [0.4, 0.5) is 0 Å². The summed E-state index contributed by atoms with van der Waals surface area (Å²) in [6.07, 6.45) is 11.2. The monoisotopic (exact) mass is 211 g/mol. The lowest BCUT2D eigenvalue weighted by molar-refractivity contribution is 0.262. The Morgan fingerprint density at radius 2 is 1.80 bits per heavy atom. The van der Waals surface area contributed by atoms with Crippen molar-refractivity contribution in [1.29, 1.82) is 0 Å². The second-order valence-electron chi connectivity index (χ2n) is 5.55. The Bertz CT molecular complexity index is 161. The maximum Gasteiger partial charge on any atom is 0.0150 e. The van der Waals surface area contributed by atoms with Gasteiger partial charge in [0.05, 0.1) is 0 Å². The Morgan fingerprint density at radius 1 is 1.13 bits per heavy atom. The molecule has 0 bridgehead atoms. The molecule has 1 unspecified atom stereocenters. The van der Waals surface area contributed by atoms with E-state index in [0.717, 1.165) is 5.92 Å². The summed E-state index contributed by atoms with van der Waals surface area (Å²) in [5, 5.41) is 3.82. The number of hydrogen-bond donors (Lipinski definition) is 1. The van der Waals surface area contributed by atoms with Gasteiger partial charge < -0.3 is 5.32 Å². The van der Waals surface area contributed by atoms with Crippen LogP contribution < -0.4 is 5.32 Å². The molecule has 0 aliphatic heterocycles. The molecule has 0 aromatic heterocycles. The zero-order valence-corrected chi connectivity index (χ0v) is 10.9. The Kier molecular flexibility index (Phi) is 5.66. The SMILES string of the molecule is CCCC(C)(CC)NCC1CCCCC1. The normalized spacial score (nSPS) is 22.6. The summed E-state index contributed by atoms with van der Waals surface area (Å²) < 4.78 is 0. The van der Waals surface area contributed by atoms with Crippen LogP contribution in [-0.4, -0.2) is 12.1 Å². The zero-order chi connectivity index (χ0) is 11.1. The van der Waals surface area contributed by atoms with E-state index < -0.39 is 0 Å². The van der Waals surface area contributed by atoms with E-state index in [0.29, 0.717) is 5.54 Å². The summed E-state index contributed by atoms with van der Waals surface area (Å²) in [7, 11) is 0. The molecule has 15 heavy (non-hydrogen) atoms. The van der Waals surface area contributed by atoms with E-state index in [1.54, 1.807) is 0 Å². The second-order valence-corrected chi connectivity index (χ2v) is 5.55. The first-order chi connectivity index (χ1) is 7.20. The van der Waals surface area contributed by atoms with Crippen LogP contribution in [-0.2, 0) is 0 Å². The molecule has 1 nitrogen and oxygen atoms in total. The predicted molar refractivity (Wildman–Crippen MR) is 68.2 cm³/mol. The first-order valence-corrected chi connectivity index (χ1v) is 6.95. The third-order valence-corrected chi connectivity index (χ3v) is 4.12. The van der Waals surface area contributed by atoms with Crippen molar-refractivity contribution >= 4 is 0 Å². The fourth-order valence-corrected chi connectivity index (χ4v) is 2.72. The van der Waals surface area contributed by atoms with Gasteiger partial charge in [0.15, 0.2) is 0 Å². The summed E-state index contributed by atoms with van der Waals surface area (Å²) >= 11 is 0. The standard InChI is InChI=1S/C14H29N/c1-4-11-14(3,5-2)15-12-13-9-7-6-8-10-13/h13,15H,4-12H2,1-3H3. The highest BCUT2D eigenvalue weighted by Crippen LogP contribution is 2.24. The molecule has 0 spiro atoms. The van der Waals surface area contributed by atoms with Gasteiger partial charge in [-0.1, -0.05) is 39.5 Å². The van der Waals surface area contributed by atoms with Crippen LogP contribution >= 0.6 is 0 Å². The largest absolute Gasteiger partial charge is 0.311 e. The van der Waals surface area contributed by atoms with Crippen molar-refractivity contribution in [2.75, 3.05) is 6.54 Å². The van der Waals surface area contributed by atoms with E-state index >= 15 is 0 Å². The van der Waals surface area contributed by atoms with Gasteiger partial charge in [-0.15, -0.1) is 0 Å². The Morgan fingerprint density at radius 3 is 2.33 bits per heavy atom. The van der Waals surface area contributed by atoms with Gasteiger partial charge >= 0.3 is 0 Å². The summed E-state index contributed by atoms with van der Waals surface area (Å²) in [6.45, 7) is 8.24. The highest BCUT2D eigenvalue weighted by molar-refractivity contribution is 4.82. The third kappa shape index (κ3) is 4.55. The van der Waals surface area contributed by atoms with Crippen molar-refractivity contribution < 1.29 is 0 Å². The smallest absolute Gasteiger partial charge is 0.0150 e. The molecule has 0 saturated heterocycles. The van der Waals surface area contributed by atoms with Gasteiger partial charge in [-0.3, -0.25) is 0 Å². The van der Waals surface area contributed by atoms with Crippen LogP contribution in [0.1, 0.15) is 72.1 Å². The number of hydrogen-bond acceptors (Lipinski definition) is 1. The average Bonchev–Trinajstić information content (AvgIpc) is 2.28. The summed E-state index contributed by atoms with van der Waals surface area (Å²) in [6, 6.07) is 0. The molecule has 1 saturated carbocycles. The van der Waals surface area contributed by atoms with Gasteiger partial charge in [-0.05, 0) is 45.1 Å². The molecule has 0 aromatic carbocycles. The van der Waals surface area contributed by atoms with Crippen molar-refractivity contribution in [3.05, 3.63) is 0 Å². The molecule has 1 heteroatoms. The van der Waals surface area contributed by atoms with Gasteiger partial charge in [0, 0.05) is 5.54 Å². The maximum absolute atomic E-state index is 3.82. The van der Waals surface area contributed by atoms with Crippen LogP contribution in [0, 0.1) is 5.92 Å². The van der Waals surface area contributed by atoms with Gasteiger partial charge in [0.25, 0.3) is 0 Å². The fourth-order valence-electron chi connectivity index (χ4n) is 2.72. The topological polar surface area (TPSA) is 12.0 Å². The van der Waals surface area contributed by atoms with Crippen molar-refractivity contribution in [1.82, 2.24) is 5.32 Å². The second kappa shape index (κ2) is 6.52. The first-order valence-electron chi connectivity index (χ1n) is 6.95. The Labute approximate surface area is 96.0 Å². The van der Waals surface area contributed by atoms with Crippen LogP contribution in [0.15, 0.2) is 0 Å². The van der Waals surface area contributed by atoms with Gasteiger partial charge in [-0.2, -0.15) is 0 Å². The fraction of sp³-hybridized carbons (Fsp3) is 1.00. The zero-order valence-electron chi connectivity index (χ0n) is 10.9. The summed E-state index contributed by atoms with van der Waals surface area (Å²) in [5.41, 5.74) is 0.395. The molecule has 1 fully saturated rings. The predicted octanol–water partition coefficient (Wildman–Crippen LogP) is 4.13. The lowest BCUT2D eigenvalue weighted by Gasteiger charge is -2.33. The average molecular weight is 211 g/mol. The molecule has 0 aromatic rings. The molecule has 0 radical (unpaired) electrons. The molecule has 1 aliphatic rings. The highest BCUT2D eigenvalue weighted by atomic mass is 15.0. The maximum atomic E-state index is 3.82. The molecule has 1 rings (SSSR count). The Hall–Kier alpha value is -0.0400. The van der Waals surface area contributed by atoms with Gasteiger partial charge in [0.1, 0.15) is 0 Å². The highest BCUT2D eigenvalue weighted by Gasteiger charge is 2.22. The van der Waals surface area contributed by atoms with Crippen molar-refractivity contribution in [3.63, 3.8) is 0 Å². The molecule has 0 amide bonds. The molecule has 1 N–H and O–H groups in total. The van der Waals surface area contributed by atoms with Crippen LogP contribution in [0.25, 0.3) is 0 Å². The number of rotatable bonds is 6. The lowest BCUT2D eigenvalue weighted by atomic mass is 9.87. The first kappa shape index (κ1) is 13.0. The van der Waals surface area contributed by atoms with E-state index in [-0.39, 0.29) is 0 Å². The molecule has 1 aliphatic carbocycles. The van der Waals surface area contributed by atoms with E-state index in [1.807, 2.05) is 0 Å². The molecular formula is C14H29N. The van der Waals surface area contributed by atoms with E-state index in [4.69, 9.17) is 0 Å². The van der Waals surface area contributed by atoms with Crippen LogP contribution in [0.5, 0.6) is 0 Å². The van der Waals surface area contributed by atoms with Crippen molar-refractivity contribution in [2.24, 2.45) is 5.92 Å². The summed E-state index contributed by atoms with van der Waals surface area (Å²) in [5.74, 6) is 0.960. The quantitative estimate of drug-likeness (QED) is 0.696. The third-order valence-electron chi connectivity index (χ3n) is 4.12. The minimum absolute atomic E-state index is 0.395. The van der Waals surface area contributed by atoms with Crippen molar-refractivity contribution in [3.8, 4) is 0 Å². The molecular weight excluding hydrogens is 182 g/mol. The summed E-state index contributed by atoms with van der Waals surface area (Å²) in [4.78, 5) is 0. The van der Waals surface area contributed by atoms with E-state index in [2.05, 4.69) is 26.1 Å². The minimum atomic E-state index is 0.395. The van der Waals surface area contributed by atoms with E-state index in [9.17, 15) is 0 Å². The molecule has 0 heterocycles.